The lowest BCUT2D eigenvalue weighted by atomic mass is 10.1. The number of hydrogen-bond acceptors (Lipinski definition) is 6. The first-order valence-corrected chi connectivity index (χ1v) is 9.81. The molecule has 0 aliphatic rings. The van der Waals surface area contributed by atoms with Crippen LogP contribution in [-0.2, 0) is 13.1 Å². The highest BCUT2D eigenvalue weighted by Gasteiger charge is 2.15. The first kappa shape index (κ1) is 19.7. The fraction of sp³-hybridized carbons (Fsp3) is 0.227. The number of nitrogens with one attached hydrogen (secondary N) is 2. The fourth-order valence-electron chi connectivity index (χ4n) is 3.41. The van der Waals surface area contributed by atoms with Crippen LogP contribution in [0.3, 0.4) is 0 Å². The van der Waals surface area contributed by atoms with Crippen LogP contribution in [0.5, 0.6) is 0 Å². The van der Waals surface area contributed by atoms with Gasteiger partial charge in [-0.3, -0.25) is 4.79 Å². The topological polar surface area (TPSA) is 111 Å². The summed E-state index contributed by atoms with van der Waals surface area (Å²) in [6.45, 7) is 4.66. The van der Waals surface area contributed by atoms with E-state index in [1.54, 1.807) is 0 Å². The predicted octanol–water partition coefficient (Wildman–Crippen LogP) is 2.48. The Bertz CT molecular complexity index is 1150. The van der Waals surface area contributed by atoms with E-state index in [9.17, 15) is 4.79 Å². The number of aryl methyl sites for hydroxylation is 1. The Balaban J connectivity index is 1.36. The third kappa shape index (κ3) is 4.33. The Morgan fingerprint density at radius 3 is 2.67 bits per heavy atom. The summed E-state index contributed by atoms with van der Waals surface area (Å²) in [6, 6.07) is 17.0. The van der Waals surface area contributed by atoms with Crippen LogP contribution in [0.15, 0.2) is 59.4 Å². The minimum atomic E-state index is -0.398. The molecule has 0 saturated heterocycles. The third-order valence-corrected chi connectivity index (χ3v) is 4.98. The maximum atomic E-state index is 11.9. The van der Waals surface area contributed by atoms with Crippen LogP contribution in [0.4, 0.5) is 5.82 Å². The van der Waals surface area contributed by atoms with E-state index in [0.29, 0.717) is 19.6 Å². The second-order valence-electron chi connectivity index (χ2n) is 7.22. The van der Waals surface area contributed by atoms with Gasteiger partial charge in [-0.1, -0.05) is 48.0 Å². The zero-order valence-corrected chi connectivity index (χ0v) is 16.8. The Morgan fingerprint density at radius 2 is 1.90 bits per heavy atom. The Kier molecular flexibility index (Phi) is 5.76. The molecule has 0 atom stereocenters. The van der Waals surface area contributed by atoms with Crippen molar-refractivity contribution in [3.63, 3.8) is 0 Å². The number of fused-ring (bicyclic) bond motifs is 1. The number of aromatic nitrogens is 3. The summed E-state index contributed by atoms with van der Waals surface area (Å²) in [5.41, 5.74) is 10.5. The molecular formula is C22H24N6O2. The molecule has 8 heteroatoms. The third-order valence-electron chi connectivity index (χ3n) is 4.98. The van der Waals surface area contributed by atoms with E-state index in [1.807, 2.05) is 0 Å². The number of nitrogens with two attached hydrogens (primary N) is 1. The van der Waals surface area contributed by atoms with Gasteiger partial charge in [0.2, 0.25) is 11.5 Å². The van der Waals surface area contributed by atoms with Gasteiger partial charge in [-0.15, -0.1) is 0 Å². The predicted molar refractivity (Wildman–Crippen MR) is 115 cm³/mol. The number of carbonyl (C=O) groups excluding carboxylic acids is 1. The average molecular weight is 404 g/mol. The highest BCUT2D eigenvalue weighted by molar-refractivity contribution is 5.95. The molecule has 0 saturated carbocycles. The number of carbonyl (C=O) groups is 1. The van der Waals surface area contributed by atoms with Gasteiger partial charge < -0.3 is 20.9 Å². The summed E-state index contributed by atoms with van der Waals surface area (Å²) < 4.78 is 6.72. The number of anilines is 1. The van der Waals surface area contributed by atoms with E-state index in [4.69, 9.17) is 5.73 Å². The second-order valence-corrected chi connectivity index (χ2v) is 7.22. The SMILES string of the molecule is Cc1ccc(Cn2cc(CNCCNC(=O)c3nonc3N)c3ccccc32)cc1. The zero-order valence-electron chi connectivity index (χ0n) is 16.8. The van der Waals surface area contributed by atoms with E-state index in [-0.39, 0.29) is 11.5 Å². The molecule has 0 aliphatic heterocycles. The summed E-state index contributed by atoms with van der Waals surface area (Å²) in [4.78, 5) is 11.9. The van der Waals surface area contributed by atoms with Crippen LogP contribution in [0.25, 0.3) is 10.9 Å². The maximum Gasteiger partial charge on any atom is 0.277 e. The van der Waals surface area contributed by atoms with Crippen LogP contribution >= 0.6 is 0 Å². The Hall–Kier alpha value is -3.65. The van der Waals surface area contributed by atoms with Gasteiger partial charge in [0.15, 0.2) is 0 Å². The first-order chi connectivity index (χ1) is 14.6. The highest BCUT2D eigenvalue weighted by atomic mass is 16.6. The standard InChI is InChI=1S/C22H24N6O2/c1-15-6-8-16(9-7-15)13-28-14-17(18-4-2-3-5-19(18)28)12-24-10-11-25-22(29)20-21(23)27-30-26-20/h2-9,14,24H,10-13H2,1H3,(H2,23,27)(H,25,29). The molecule has 0 fully saturated rings. The summed E-state index contributed by atoms with van der Waals surface area (Å²) in [6.07, 6.45) is 2.19. The molecule has 4 aromatic rings. The summed E-state index contributed by atoms with van der Waals surface area (Å²) in [5.74, 6) is -0.410. The molecule has 0 radical (unpaired) electrons. The van der Waals surface area contributed by atoms with Crippen molar-refractivity contribution in [3.05, 3.63) is 77.1 Å². The van der Waals surface area contributed by atoms with Gasteiger partial charge in [0.05, 0.1) is 0 Å². The van der Waals surface area contributed by atoms with Crippen LogP contribution in [-0.4, -0.2) is 33.9 Å². The summed E-state index contributed by atoms with van der Waals surface area (Å²) >= 11 is 0. The lowest BCUT2D eigenvalue weighted by Crippen LogP contribution is -2.32. The van der Waals surface area contributed by atoms with Gasteiger partial charge in [-0.05, 0) is 34.4 Å². The van der Waals surface area contributed by atoms with Gasteiger partial charge >= 0.3 is 0 Å². The molecule has 0 unspecified atom stereocenters. The number of amides is 1. The molecular weight excluding hydrogens is 380 g/mol. The van der Waals surface area contributed by atoms with E-state index in [0.717, 1.165) is 6.54 Å². The molecule has 1 amide bonds. The van der Waals surface area contributed by atoms with Crippen molar-refractivity contribution in [1.29, 1.82) is 0 Å². The Labute approximate surface area is 174 Å². The number of para-hydroxylation sites is 1. The minimum absolute atomic E-state index is 0.00850. The monoisotopic (exact) mass is 404 g/mol. The van der Waals surface area contributed by atoms with Crippen molar-refractivity contribution in [1.82, 2.24) is 25.5 Å². The van der Waals surface area contributed by atoms with Gasteiger partial charge in [-0.25, -0.2) is 4.63 Å². The lowest BCUT2D eigenvalue weighted by molar-refractivity contribution is 0.0944. The largest absolute Gasteiger partial charge is 0.379 e. The number of nitrogens with zero attached hydrogens (tertiary/aromatic N) is 3. The van der Waals surface area contributed by atoms with Gasteiger partial charge in [-0.2, -0.15) is 0 Å². The molecule has 2 aromatic heterocycles. The van der Waals surface area contributed by atoms with Crippen LogP contribution in [0, 0.1) is 6.92 Å². The zero-order chi connectivity index (χ0) is 20.9. The molecule has 30 heavy (non-hydrogen) atoms. The number of hydrogen-bond donors (Lipinski definition) is 3. The van der Waals surface area contributed by atoms with Gasteiger partial charge in [0, 0.05) is 43.3 Å². The van der Waals surface area contributed by atoms with Crippen molar-refractivity contribution in [2.45, 2.75) is 20.0 Å². The summed E-state index contributed by atoms with van der Waals surface area (Å²) in [5, 5.41) is 14.2. The number of benzene rings is 2. The van der Waals surface area contributed by atoms with Crippen LogP contribution in [0.1, 0.15) is 27.2 Å². The molecule has 8 nitrogen and oxygen atoms in total. The fourth-order valence-corrected chi connectivity index (χ4v) is 3.41. The molecule has 2 aromatic carbocycles. The summed E-state index contributed by atoms with van der Waals surface area (Å²) in [7, 11) is 0. The van der Waals surface area contributed by atoms with Crippen molar-refractivity contribution in [2.75, 3.05) is 18.8 Å². The van der Waals surface area contributed by atoms with Gasteiger partial charge in [0.25, 0.3) is 5.91 Å². The molecule has 0 spiro atoms. The average Bonchev–Trinajstić information content (AvgIpc) is 3.33. The van der Waals surface area contributed by atoms with Crippen LogP contribution in [0.2, 0.25) is 0 Å². The molecule has 0 aliphatic carbocycles. The van der Waals surface area contributed by atoms with Gasteiger partial charge in [0.1, 0.15) is 0 Å². The molecule has 0 bridgehead atoms. The minimum Gasteiger partial charge on any atom is -0.379 e. The van der Waals surface area contributed by atoms with Crippen molar-refractivity contribution in [2.24, 2.45) is 0 Å². The first-order valence-electron chi connectivity index (χ1n) is 9.81. The molecule has 4 N–H and O–H groups in total. The molecule has 4 rings (SSSR count). The second kappa shape index (κ2) is 8.79. The molecule has 2 heterocycles. The van der Waals surface area contributed by atoms with Crippen molar-refractivity contribution < 1.29 is 9.42 Å². The van der Waals surface area contributed by atoms with E-state index < -0.39 is 5.91 Å². The highest BCUT2D eigenvalue weighted by Crippen LogP contribution is 2.22. The molecule has 154 valence electrons. The smallest absolute Gasteiger partial charge is 0.277 e. The quantitative estimate of drug-likeness (QED) is 0.389. The van der Waals surface area contributed by atoms with Crippen molar-refractivity contribution in [3.8, 4) is 0 Å². The number of rotatable bonds is 8. The normalized spacial score (nSPS) is 11.1. The Morgan fingerprint density at radius 1 is 1.10 bits per heavy atom. The van der Waals surface area contributed by atoms with Crippen molar-refractivity contribution >= 4 is 22.6 Å². The lowest BCUT2D eigenvalue weighted by Gasteiger charge is -2.06. The van der Waals surface area contributed by atoms with E-state index in [2.05, 4.69) is 91.8 Å². The van der Waals surface area contributed by atoms with E-state index in [1.165, 1.54) is 27.6 Å². The number of nitrogen functional groups attached to an aromatic ring is 1. The van der Waals surface area contributed by atoms with E-state index >= 15 is 0 Å². The maximum absolute atomic E-state index is 11.9. The van der Waals surface area contributed by atoms with Crippen LogP contribution < -0.4 is 16.4 Å².